The molecule has 0 atom stereocenters. The molecule has 2 rings (SSSR count). The summed E-state index contributed by atoms with van der Waals surface area (Å²) in [6.45, 7) is 0.817. The molecule has 0 aromatic carbocycles. The standard InChI is InChI=1S/C15H18N2O2/c1-17(11-12-7-8-12)15(19)14-13(5-2-3-10-18)6-4-9-16-14/h4,6,9,12,18H,3,7-8,10-11H2,1H3. The summed E-state index contributed by atoms with van der Waals surface area (Å²) in [5, 5.41) is 8.72. The smallest absolute Gasteiger partial charge is 0.273 e. The van der Waals surface area contributed by atoms with Gasteiger partial charge >= 0.3 is 0 Å². The first-order valence-electron chi connectivity index (χ1n) is 6.52. The third-order valence-corrected chi connectivity index (χ3v) is 3.05. The molecule has 1 aliphatic carbocycles. The fourth-order valence-electron chi connectivity index (χ4n) is 1.84. The van der Waals surface area contributed by atoms with Crippen molar-refractivity contribution >= 4 is 5.91 Å². The van der Waals surface area contributed by atoms with E-state index in [-0.39, 0.29) is 12.5 Å². The predicted molar refractivity (Wildman–Crippen MR) is 72.5 cm³/mol. The lowest BCUT2D eigenvalue weighted by Gasteiger charge is -2.16. The van der Waals surface area contributed by atoms with E-state index in [0.717, 1.165) is 6.54 Å². The van der Waals surface area contributed by atoms with E-state index in [1.54, 1.807) is 30.3 Å². The molecule has 0 spiro atoms. The van der Waals surface area contributed by atoms with Crippen LogP contribution in [0.3, 0.4) is 0 Å². The first-order valence-corrected chi connectivity index (χ1v) is 6.52. The quantitative estimate of drug-likeness (QED) is 0.828. The maximum Gasteiger partial charge on any atom is 0.273 e. The van der Waals surface area contributed by atoms with Crippen LogP contribution in [-0.4, -0.2) is 41.1 Å². The summed E-state index contributed by atoms with van der Waals surface area (Å²) >= 11 is 0. The summed E-state index contributed by atoms with van der Waals surface area (Å²) in [6, 6.07) is 3.55. The third-order valence-electron chi connectivity index (χ3n) is 3.05. The molecule has 0 saturated heterocycles. The molecule has 100 valence electrons. The van der Waals surface area contributed by atoms with Crippen molar-refractivity contribution in [2.75, 3.05) is 20.2 Å². The zero-order valence-electron chi connectivity index (χ0n) is 11.1. The van der Waals surface area contributed by atoms with Crippen LogP contribution in [0, 0.1) is 17.8 Å². The summed E-state index contributed by atoms with van der Waals surface area (Å²) in [7, 11) is 1.81. The third kappa shape index (κ3) is 3.80. The van der Waals surface area contributed by atoms with Crippen LogP contribution >= 0.6 is 0 Å². The van der Waals surface area contributed by atoms with Gasteiger partial charge in [-0.1, -0.05) is 11.8 Å². The van der Waals surface area contributed by atoms with E-state index in [0.29, 0.717) is 23.6 Å². The maximum atomic E-state index is 12.3. The molecule has 19 heavy (non-hydrogen) atoms. The normalized spacial score (nSPS) is 13.6. The Morgan fingerprint density at radius 2 is 2.37 bits per heavy atom. The Labute approximate surface area is 113 Å². The van der Waals surface area contributed by atoms with E-state index >= 15 is 0 Å². The predicted octanol–water partition coefficient (Wildman–Crippen LogP) is 1.30. The van der Waals surface area contributed by atoms with E-state index in [4.69, 9.17) is 5.11 Å². The zero-order valence-corrected chi connectivity index (χ0v) is 11.1. The fourth-order valence-corrected chi connectivity index (χ4v) is 1.84. The number of rotatable bonds is 4. The minimum atomic E-state index is -0.0826. The number of hydrogen-bond donors (Lipinski definition) is 1. The summed E-state index contributed by atoms with van der Waals surface area (Å²) in [5.74, 6) is 6.30. The lowest BCUT2D eigenvalue weighted by molar-refractivity contribution is 0.0782. The second kappa shape index (κ2) is 6.35. The Hall–Kier alpha value is -1.86. The van der Waals surface area contributed by atoms with Crippen molar-refractivity contribution in [1.29, 1.82) is 0 Å². The molecule has 0 aliphatic heterocycles. The van der Waals surface area contributed by atoms with Crippen molar-refractivity contribution in [2.24, 2.45) is 5.92 Å². The van der Waals surface area contributed by atoms with Crippen molar-refractivity contribution in [1.82, 2.24) is 9.88 Å². The van der Waals surface area contributed by atoms with E-state index in [2.05, 4.69) is 16.8 Å². The van der Waals surface area contributed by atoms with Gasteiger partial charge in [0.25, 0.3) is 5.91 Å². The van der Waals surface area contributed by atoms with E-state index in [9.17, 15) is 4.79 Å². The molecule has 1 saturated carbocycles. The minimum Gasteiger partial charge on any atom is -0.395 e. The van der Waals surface area contributed by atoms with Crippen LogP contribution in [0.5, 0.6) is 0 Å². The van der Waals surface area contributed by atoms with Crippen molar-refractivity contribution in [3.63, 3.8) is 0 Å². The van der Waals surface area contributed by atoms with E-state index in [1.165, 1.54) is 12.8 Å². The van der Waals surface area contributed by atoms with Gasteiger partial charge in [-0.3, -0.25) is 4.79 Å². The number of aromatic nitrogens is 1. The molecule has 1 amide bonds. The van der Waals surface area contributed by atoms with Crippen molar-refractivity contribution in [2.45, 2.75) is 19.3 Å². The number of aliphatic hydroxyl groups is 1. The monoisotopic (exact) mass is 258 g/mol. The van der Waals surface area contributed by atoms with E-state index in [1.807, 2.05) is 0 Å². The first kappa shape index (κ1) is 13.6. The second-order valence-corrected chi connectivity index (χ2v) is 4.80. The highest BCUT2D eigenvalue weighted by molar-refractivity contribution is 5.94. The summed E-state index contributed by atoms with van der Waals surface area (Å²) < 4.78 is 0. The number of amides is 1. The average Bonchev–Trinajstić information content (AvgIpc) is 3.23. The van der Waals surface area contributed by atoms with Crippen LogP contribution in [0.25, 0.3) is 0 Å². The Balaban J connectivity index is 2.13. The molecule has 0 unspecified atom stereocenters. The molecule has 1 N–H and O–H groups in total. The Bertz CT molecular complexity index is 512. The van der Waals surface area contributed by atoms with Crippen LogP contribution in [0.4, 0.5) is 0 Å². The topological polar surface area (TPSA) is 53.4 Å². The van der Waals surface area contributed by atoms with Gasteiger partial charge in [-0.15, -0.1) is 0 Å². The number of nitrogens with zero attached hydrogens (tertiary/aromatic N) is 2. The minimum absolute atomic E-state index is 0.0259. The van der Waals surface area contributed by atoms with E-state index < -0.39 is 0 Å². The number of carbonyl (C=O) groups excluding carboxylic acids is 1. The Morgan fingerprint density at radius 3 is 3.05 bits per heavy atom. The van der Waals surface area contributed by atoms with Crippen LogP contribution in [0.15, 0.2) is 18.3 Å². The molecule has 1 heterocycles. The van der Waals surface area contributed by atoms with Gasteiger partial charge in [-0.25, -0.2) is 4.98 Å². The highest BCUT2D eigenvalue weighted by Gasteiger charge is 2.26. The lowest BCUT2D eigenvalue weighted by Crippen LogP contribution is -2.30. The van der Waals surface area contributed by atoms with Gasteiger partial charge < -0.3 is 10.0 Å². The van der Waals surface area contributed by atoms with Crippen LogP contribution in [-0.2, 0) is 0 Å². The van der Waals surface area contributed by atoms with Gasteiger partial charge in [-0.05, 0) is 30.9 Å². The van der Waals surface area contributed by atoms with Crippen molar-refractivity contribution in [3.8, 4) is 11.8 Å². The van der Waals surface area contributed by atoms with Gasteiger partial charge in [-0.2, -0.15) is 0 Å². The molecular weight excluding hydrogens is 240 g/mol. The molecule has 1 aromatic heterocycles. The van der Waals surface area contributed by atoms with Gasteiger partial charge in [0.1, 0.15) is 5.69 Å². The van der Waals surface area contributed by atoms with Crippen molar-refractivity contribution in [3.05, 3.63) is 29.6 Å². The molecular formula is C15H18N2O2. The molecule has 1 aromatic rings. The van der Waals surface area contributed by atoms with Crippen molar-refractivity contribution < 1.29 is 9.90 Å². The summed E-state index contributed by atoms with van der Waals surface area (Å²) in [5.41, 5.74) is 1.03. The Kier molecular flexibility index (Phi) is 4.53. The molecule has 0 radical (unpaired) electrons. The molecule has 0 bridgehead atoms. The zero-order chi connectivity index (χ0) is 13.7. The van der Waals surface area contributed by atoms with Gasteiger partial charge in [0.05, 0.1) is 12.2 Å². The number of aliphatic hydroxyl groups excluding tert-OH is 1. The fraction of sp³-hybridized carbons (Fsp3) is 0.467. The largest absolute Gasteiger partial charge is 0.395 e. The van der Waals surface area contributed by atoms with Gasteiger partial charge in [0.2, 0.25) is 0 Å². The van der Waals surface area contributed by atoms with Gasteiger partial charge in [0, 0.05) is 26.2 Å². The van der Waals surface area contributed by atoms with Crippen LogP contribution < -0.4 is 0 Å². The van der Waals surface area contributed by atoms with Gasteiger partial charge in [0.15, 0.2) is 0 Å². The molecule has 1 fully saturated rings. The molecule has 4 nitrogen and oxygen atoms in total. The summed E-state index contributed by atoms with van der Waals surface area (Å²) in [4.78, 5) is 18.2. The average molecular weight is 258 g/mol. The molecule has 1 aliphatic rings. The Morgan fingerprint density at radius 1 is 1.58 bits per heavy atom. The summed E-state index contributed by atoms with van der Waals surface area (Å²) in [6.07, 6.45) is 4.43. The lowest BCUT2D eigenvalue weighted by atomic mass is 10.1. The van der Waals surface area contributed by atoms with Crippen LogP contribution in [0.2, 0.25) is 0 Å². The SMILES string of the molecule is CN(CC1CC1)C(=O)c1ncccc1C#CCCO. The number of hydrogen-bond acceptors (Lipinski definition) is 3. The highest BCUT2D eigenvalue weighted by atomic mass is 16.2. The van der Waals surface area contributed by atoms with Crippen LogP contribution in [0.1, 0.15) is 35.3 Å². The maximum absolute atomic E-state index is 12.3. The first-order chi connectivity index (χ1) is 9.22. The number of carbonyl (C=O) groups is 1. The molecule has 4 heteroatoms. The number of pyridine rings is 1. The second-order valence-electron chi connectivity index (χ2n) is 4.80. The highest BCUT2D eigenvalue weighted by Crippen LogP contribution is 2.29.